The van der Waals surface area contributed by atoms with Gasteiger partial charge in [0.25, 0.3) is 0 Å². The van der Waals surface area contributed by atoms with E-state index in [1.165, 1.54) is 18.4 Å². The number of hydrogen-bond donors (Lipinski definition) is 1. The quantitative estimate of drug-likeness (QED) is 0.340. The van der Waals surface area contributed by atoms with E-state index in [1.54, 1.807) is 30.6 Å². The number of nitrogens with zero attached hydrogens (tertiary/aromatic N) is 1. The van der Waals surface area contributed by atoms with E-state index in [2.05, 4.69) is 17.9 Å². The van der Waals surface area contributed by atoms with Crippen molar-refractivity contribution in [3.05, 3.63) is 82.9 Å². The molecule has 1 aliphatic heterocycles. The van der Waals surface area contributed by atoms with Crippen LogP contribution in [0.25, 0.3) is 20.5 Å². The van der Waals surface area contributed by atoms with Gasteiger partial charge in [0.15, 0.2) is 5.78 Å². The molecular weight excluding hydrogens is 430 g/mol. The fraction of sp³-hybridized carbons (Fsp3) is 0.250. The number of likely N-dealkylation sites (tertiary alicyclic amines) is 1. The van der Waals surface area contributed by atoms with Crippen LogP contribution in [0.1, 0.15) is 39.9 Å². The first-order valence-electron chi connectivity index (χ1n) is 11.3. The van der Waals surface area contributed by atoms with Crippen LogP contribution in [-0.2, 0) is 6.54 Å². The molecule has 1 aromatic heterocycles. The van der Waals surface area contributed by atoms with E-state index in [4.69, 9.17) is 4.74 Å². The minimum atomic E-state index is 0.0188. The second kappa shape index (κ2) is 9.00. The largest absolute Gasteiger partial charge is 0.508 e. The number of hydrogen-bond acceptors (Lipinski definition) is 5. The van der Waals surface area contributed by atoms with Crippen LogP contribution in [0, 0.1) is 6.92 Å². The first kappa shape index (κ1) is 21.7. The molecule has 0 radical (unpaired) electrons. The van der Waals surface area contributed by atoms with Gasteiger partial charge in [0.2, 0.25) is 0 Å². The zero-order valence-corrected chi connectivity index (χ0v) is 19.7. The topological polar surface area (TPSA) is 49.8 Å². The van der Waals surface area contributed by atoms with Crippen LogP contribution in [0.5, 0.6) is 11.5 Å². The van der Waals surface area contributed by atoms with Crippen molar-refractivity contribution in [2.24, 2.45) is 0 Å². The number of methoxy groups -OCH3 is 1. The number of benzene rings is 3. The molecule has 1 fully saturated rings. The van der Waals surface area contributed by atoms with Gasteiger partial charge in [0, 0.05) is 32.6 Å². The van der Waals surface area contributed by atoms with E-state index in [-0.39, 0.29) is 11.5 Å². The van der Waals surface area contributed by atoms with Gasteiger partial charge in [-0.15, -0.1) is 11.3 Å². The molecule has 3 aromatic carbocycles. The standard InChI is InChI=1S/C28H27NO3S/c1-18-15-20(5-6-21(18)17-29-13-3-4-14-29)27(31)26-24-12-11-23(32-2)16-25(24)33-28(26)19-7-9-22(30)10-8-19/h5-12,15-16,30H,3-4,13-14,17H2,1-2H3. The summed E-state index contributed by atoms with van der Waals surface area (Å²) in [6.45, 7) is 5.35. The molecule has 0 atom stereocenters. The summed E-state index contributed by atoms with van der Waals surface area (Å²) in [4.78, 5) is 17.2. The molecule has 0 unspecified atom stereocenters. The number of carbonyl (C=O) groups is 1. The van der Waals surface area contributed by atoms with E-state index in [1.807, 2.05) is 42.5 Å². The Kier molecular flexibility index (Phi) is 5.92. The summed E-state index contributed by atoms with van der Waals surface area (Å²) in [7, 11) is 1.65. The number of phenolic OH excluding ortho intramolecular Hbond substituents is 1. The summed E-state index contributed by atoms with van der Waals surface area (Å²) in [6, 6.07) is 19.0. The lowest BCUT2D eigenvalue weighted by Gasteiger charge is -2.17. The van der Waals surface area contributed by atoms with Crippen LogP contribution in [0.4, 0.5) is 0 Å². The molecule has 0 spiro atoms. The van der Waals surface area contributed by atoms with Crippen LogP contribution < -0.4 is 4.74 Å². The van der Waals surface area contributed by atoms with Crippen molar-refractivity contribution in [2.75, 3.05) is 20.2 Å². The normalized spacial score (nSPS) is 14.1. The average Bonchev–Trinajstić information content (AvgIpc) is 3.47. The Bertz CT molecular complexity index is 1320. The first-order valence-corrected chi connectivity index (χ1v) is 12.1. The van der Waals surface area contributed by atoms with E-state index in [9.17, 15) is 9.90 Å². The Balaban J connectivity index is 1.57. The molecule has 4 nitrogen and oxygen atoms in total. The summed E-state index contributed by atoms with van der Waals surface area (Å²) in [5, 5.41) is 10.7. The van der Waals surface area contributed by atoms with Gasteiger partial charge < -0.3 is 9.84 Å². The first-order chi connectivity index (χ1) is 16.0. The predicted molar refractivity (Wildman–Crippen MR) is 135 cm³/mol. The Morgan fingerprint density at radius 1 is 1.03 bits per heavy atom. The third kappa shape index (κ3) is 4.26. The number of aromatic hydroxyl groups is 1. The highest BCUT2D eigenvalue weighted by atomic mass is 32.1. The van der Waals surface area contributed by atoms with Gasteiger partial charge in [-0.25, -0.2) is 0 Å². The minimum absolute atomic E-state index is 0.0188. The van der Waals surface area contributed by atoms with Crippen LogP contribution in [0.2, 0.25) is 0 Å². The molecule has 33 heavy (non-hydrogen) atoms. The molecule has 0 bridgehead atoms. The van der Waals surface area contributed by atoms with Crippen molar-refractivity contribution in [3.63, 3.8) is 0 Å². The summed E-state index contributed by atoms with van der Waals surface area (Å²) in [6.07, 6.45) is 2.54. The van der Waals surface area contributed by atoms with Gasteiger partial charge in [-0.05, 0) is 98.1 Å². The number of carbonyl (C=O) groups excluding carboxylic acids is 1. The highest BCUT2D eigenvalue weighted by Gasteiger charge is 2.23. The molecule has 1 N–H and O–H groups in total. The Labute approximate surface area is 198 Å². The molecular formula is C28H27NO3S. The van der Waals surface area contributed by atoms with Gasteiger partial charge in [-0.1, -0.05) is 12.1 Å². The lowest BCUT2D eigenvalue weighted by Crippen LogP contribution is -2.19. The lowest BCUT2D eigenvalue weighted by molar-refractivity contribution is 0.104. The molecule has 0 aliphatic carbocycles. The minimum Gasteiger partial charge on any atom is -0.508 e. The number of phenols is 1. The highest BCUT2D eigenvalue weighted by Crippen LogP contribution is 2.41. The van der Waals surface area contributed by atoms with Crippen molar-refractivity contribution in [3.8, 4) is 21.9 Å². The molecule has 0 saturated carbocycles. The van der Waals surface area contributed by atoms with Gasteiger partial charge in [0.05, 0.1) is 7.11 Å². The highest BCUT2D eigenvalue weighted by molar-refractivity contribution is 7.22. The lowest BCUT2D eigenvalue weighted by atomic mass is 9.95. The fourth-order valence-corrected chi connectivity index (χ4v) is 5.82. The Hall–Kier alpha value is -3.15. The Morgan fingerprint density at radius 2 is 1.79 bits per heavy atom. The number of fused-ring (bicyclic) bond motifs is 1. The van der Waals surface area contributed by atoms with Crippen molar-refractivity contribution in [1.82, 2.24) is 4.90 Å². The van der Waals surface area contributed by atoms with Gasteiger partial charge in [-0.3, -0.25) is 9.69 Å². The second-order valence-electron chi connectivity index (χ2n) is 8.67. The van der Waals surface area contributed by atoms with Crippen LogP contribution in [-0.4, -0.2) is 36.0 Å². The fourth-order valence-electron chi connectivity index (χ4n) is 4.59. The van der Waals surface area contributed by atoms with Crippen molar-refractivity contribution in [1.29, 1.82) is 0 Å². The van der Waals surface area contributed by atoms with Gasteiger partial charge in [0.1, 0.15) is 11.5 Å². The average molecular weight is 458 g/mol. The molecule has 5 heteroatoms. The van der Waals surface area contributed by atoms with E-state index < -0.39 is 0 Å². The van der Waals surface area contributed by atoms with Gasteiger partial charge >= 0.3 is 0 Å². The van der Waals surface area contributed by atoms with E-state index in [0.717, 1.165) is 51.5 Å². The summed E-state index contributed by atoms with van der Waals surface area (Å²) in [5.74, 6) is 0.992. The monoisotopic (exact) mass is 457 g/mol. The zero-order chi connectivity index (χ0) is 22.9. The van der Waals surface area contributed by atoms with Crippen LogP contribution in [0.15, 0.2) is 60.7 Å². The molecule has 1 saturated heterocycles. The number of aryl methyl sites for hydroxylation is 1. The maximum atomic E-state index is 13.9. The third-order valence-electron chi connectivity index (χ3n) is 6.45. The smallest absolute Gasteiger partial charge is 0.195 e. The molecule has 1 aliphatic rings. The number of ether oxygens (including phenoxy) is 1. The second-order valence-corrected chi connectivity index (χ2v) is 9.72. The van der Waals surface area contributed by atoms with Crippen molar-refractivity contribution in [2.45, 2.75) is 26.3 Å². The predicted octanol–water partition coefficient (Wildman–Crippen LogP) is 6.42. The number of thiophene rings is 1. The summed E-state index contributed by atoms with van der Waals surface area (Å²) < 4.78 is 6.41. The van der Waals surface area contributed by atoms with E-state index >= 15 is 0 Å². The molecule has 168 valence electrons. The molecule has 0 amide bonds. The van der Waals surface area contributed by atoms with Gasteiger partial charge in [-0.2, -0.15) is 0 Å². The molecule has 5 rings (SSSR count). The zero-order valence-electron chi connectivity index (χ0n) is 18.9. The third-order valence-corrected chi connectivity index (χ3v) is 7.65. The van der Waals surface area contributed by atoms with Crippen molar-refractivity contribution < 1.29 is 14.6 Å². The molecule has 2 heterocycles. The van der Waals surface area contributed by atoms with E-state index in [0.29, 0.717) is 11.1 Å². The Morgan fingerprint density at radius 3 is 2.48 bits per heavy atom. The van der Waals surface area contributed by atoms with Crippen LogP contribution >= 0.6 is 11.3 Å². The number of ketones is 1. The SMILES string of the molecule is COc1ccc2c(C(=O)c3ccc(CN4CCCC4)c(C)c3)c(-c3ccc(O)cc3)sc2c1. The maximum absolute atomic E-state index is 13.9. The summed E-state index contributed by atoms with van der Waals surface area (Å²) >= 11 is 1.57. The maximum Gasteiger partial charge on any atom is 0.195 e. The van der Waals surface area contributed by atoms with Crippen molar-refractivity contribution >= 4 is 27.2 Å². The summed E-state index contributed by atoms with van der Waals surface area (Å²) in [5.41, 5.74) is 4.76. The number of rotatable bonds is 6. The van der Waals surface area contributed by atoms with Crippen LogP contribution in [0.3, 0.4) is 0 Å². The molecule has 4 aromatic rings.